The van der Waals surface area contributed by atoms with Crippen molar-refractivity contribution in [2.75, 3.05) is 6.61 Å². The second-order valence-corrected chi connectivity index (χ2v) is 6.27. The van der Waals surface area contributed by atoms with Crippen LogP contribution in [0.3, 0.4) is 0 Å². The summed E-state index contributed by atoms with van der Waals surface area (Å²) in [6.07, 6.45) is 15.8. The highest BCUT2D eigenvalue weighted by molar-refractivity contribution is 5.21. The molecule has 1 heterocycles. The van der Waals surface area contributed by atoms with Crippen molar-refractivity contribution < 1.29 is 4.74 Å². The Bertz CT molecular complexity index is 357. The van der Waals surface area contributed by atoms with E-state index in [0.717, 1.165) is 25.1 Å². The Morgan fingerprint density at radius 1 is 1.22 bits per heavy atom. The van der Waals surface area contributed by atoms with E-state index in [2.05, 4.69) is 12.2 Å². The smallest absolute Gasteiger partial charge is 0.0689 e. The molecular formula is C16H25NO. The number of ether oxygens (including phenoxy) is 1. The molecule has 2 aliphatic carbocycles. The summed E-state index contributed by atoms with van der Waals surface area (Å²) in [7, 11) is 0. The molecular weight excluding hydrogens is 222 g/mol. The van der Waals surface area contributed by atoms with Crippen LogP contribution in [0.4, 0.5) is 0 Å². The van der Waals surface area contributed by atoms with E-state index in [1.54, 1.807) is 5.57 Å². The van der Waals surface area contributed by atoms with Crippen molar-refractivity contribution in [1.29, 1.82) is 0 Å². The van der Waals surface area contributed by atoms with Crippen molar-refractivity contribution in [2.45, 2.75) is 63.4 Å². The molecule has 2 saturated carbocycles. The predicted molar refractivity (Wildman–Crippen MR) is 74.1 cm³/mol. The van der Waals surface area contributed by atoms with Crippen LogP contribution in [0.5, 0.6) is 0 Å². The summed E-state index contributed by atoms with van der Waals surface area (Å²) < 4.78 is 6.07. The summed E-state index contributed by atoms with van der Waals surface area (Å²) in [5, 5.41) is 0. The third kappa shape index (κ3) is 2.49. The van der Waals surface area contributed by atoms with Gasteiger partial charge < -0.3 is 10.5 Å². The first-order chi connectivity index (χ1) is 8.77. The third-order valence-corrected chi connectivity index (χ3v) is 4.99. The highest BCUT2D eigenvalue weighted by Crippen LogP contribution is 2.43. The number of hydrogen-bond acceptors (Lipinski definition) is 2. The van der Waals surface area contributed by atoms with Crippen molar-refractivity contribution in [2.24, 2.45) is 11.7 Å². The minimum absolute atomic E-state index is 0.186. The molecule has 3 rings (SSSR count). The molecule has 0 amide bonds. The Morgan fingerprint density at radius 3 is 2.67 bits per heavy atom. The van der Waals surface area contributed by atoms with Crippen molar-refractivity contribution in [3.8, 4) is 0 Å². The molecule has 18 heavy (non-hydrogen) atoms. The van der Waals surface area contributed by atoms with Gasteiger partial charge in [0.1, 0.15) is 0 Å². The maximum Gasteiger partial charge on any atom is 0.0689 e. The molecule has 1 spiro atoms. The van der Waals surface area contributed by atoms with E-state index in [1.165, 1.54) is 44.9 Å². The first-order valence-electron chi connectivity index (χ1n) is 7.57. The van der Waals surface area contributed by atoms with Gasteiger partial charge in [-0.3, -0.25) is 0 Å². The summed E-state index contributed by atoms with van der Waals surface area (Å²) in [5.74, 6) is 0.550. The molecule has 3 fully saturated rings. The van der Waals surface area contributed by atoms with Crippen LogP contribution < -0.4 is 5.73 Å². The van der Waals surface area contributed by atoms with Gasteiger partial charge in [0.15, 0.2) is 0 Å². The average Bonchev–Trinajstić information content (AvgIpc) is 2.75. The van der Waals surface area contributed by atoms with E-state index >= 15 is 0 Å². The van der Waals surface area contributed by atoms with Gasteiger partial charge in [0.05, 0.1) is 5.60 Å². The number of hydrogen-bond donors (Lipinski definition) is 1. The molecule has 2 N–H and O–H groups in total. The van der Waals surface area contributed by atoms with Gasteiger partial charge in [-0.1, -0.05) is 24.5 Å². The molecule has 1 atom stereocenters. The highest BCUT2D eigenvalue weighted by atomic mass is 16.5. The predicted octanol–water partition coefficient (Wildman–Crippen LogP) is 3.68. The first-order valence-corrected chi connectivity index (χ1v) is 7.57. The van der Waals surface area contributed by atoms with Crippen LogP contribution in [-0.4, -0.2) is 12.2 Å². The van der Waals surface area contributed by atoms with Gasteiger partial charge >= 0.3 is 0 Å². The van der Waals surface area contributed by atoms with Crippen molar-refractivity contribution in [3.63, 3.8) is 0 Å². The molecule has 1 unspecified atom stereocenters. The fraction of sp³-hybridized carbons (Fsp3) is 0.750. The standard InChI is InChI=1S/C16H25NO/c17-15(7-6-13-4-3-5-13)14-8-11-18-16(12-14)9-1-2-10-16/h6-7,14H,1-5,8-12,17H2/b15-7-. The van der Waals surface area contributed by atoms with Crippen LogP contribution in [0.2, 0.25) is 0 Å². The highest BCUT2D eigenvalue weighted by Gasteiger charge is 2.40. The molecule has 3 aliphatic rings. The molecule has 0 aromatic heterocycles. The van der Waals surface area contributed by atoms with Gasteiger partial charge in [0.25, 0.3) is 0 Å². The summed E-state index contributed by atoms with van der Waals surface area (Å²) in [6, 6.07) is 0. The summed E-state index contributed by atoms with van der Waals surface area (Å²) in [6.45, 7) is 0.899. The Morgan fingerprint density at radius 2 is 2.00 bits per heavy atom. The quantitative estimate of drug-likeness (QED) is 0.808. The second kappa shape index (κ2) is 5.08. The van der Waals surface area contributed by atoms with Gasteiger partial charge in [0.2, 0.25) is 0 Å². The van der Waals surface area contributed by atoms with Gasteiger partial charge in [-0.05, 0) is 51.0 Å². The molecule has 0 aromatic carbocycles. The molecule has 1 aliphatic heterocycles. The van der Waals surface area contributed by atoms with E-state index in [4.69, 9.17) is 10.5 Å². The molecule has 1 saturated heterocycles. The van der Waals surface area contributed by atoms with E-state index in [1.807, 2.05) is 0 Å². The summed E-state index contributed by atoms with van der Waals surface area (Å²) in [4.78, 5) is 0. The van der Waals surface area contributed by atoms with Crippen molar-refractivity contribution >= 4 is 0 Å². The average molecular weight is 247 g/mol. The monoisotopic (exact) mass is 247 g/mol. The summed E-state index contributed by atoms with van der Waals surface area (Å²) in [5.41, 5.74) is 9.13. The fourth-order valence-electron chi connectivity index (χ4n) is 3.58. The van der Waals surface area contributed by atoms with E-state index in [9.17, 15) is 0 Å². The third-order valence-electron chi connectivity index (χ3n) is 4.99. The van der Waals surface area contributed by atoms with Crippen LogP contribution in [0.15, 0.2) is 23.4 Å². The number of rotatable bonds is 2. The second-order valence-electron chi connectivity index (χ2n) is 6.27. The summed E-state index contributed by atoms with van der Waals surface area (Å²) >= 11 is 0. The Kier molecular flexibility index (Phi) is 3.47. The van der Waals surface area contributed by atoms with Crippen LogP contribution in [0, 0.1) is 5.92 Å². The topological polar surface area (TPSA) is 35.2 Å². The van der Waals surface area contributed by atoms with Gasteiger partial charge in [-0.25, -0.2) is 0 Å². The lowest BCUT2D eigenvalue weighted by Gasteiger charge is -2.38. The normalized spacial score (nSPS) is 31.4. The fourth-order valence-corrected chi connectivity index (χ4v) is 3.58. The van der Waals surface area contributed by atoms with Gasteiger partial charge in [-0.15, -0.1) is 0 Å². The van der Waals surface area contributed by atoms with Crippen LogP contribution >= 0.6 is 0 Å². The Labute approximate surface area is 110 Å². The SMILES string of the molecule is N/C(=C\C=C1CCC1)C1CCOC2(CCCC2)C1. The lowest BCUT2D eigenvalue weighted by Crippen LogP contribution is -2.38. The maximum atomic E-state index is 6.29. The first kappa shape index (κ1) is 12.3. The molecule has 0 bridgehead atoms. The van der Waals surface area contributed by atoms with Crippen LogP contribution in [0.25, 0.3) is 0 Å². The zero-order chi connectivity index (χ0) is 12.4. The lowest BCUT2D eigenvalue weighted by atomic mass is 9.82. The molecule has 0 radical (unpaired) electrons. The molecule has 100 valence electrons. The van der Waals surface area contributed by atoms with E-state index in [0.29, 0.717) is 5.92 Å². The van der Waals surface area contributed by atoms with Crippen molar-refractivity contribution in [1.82, 2.24) is 0 Å². The zero-order valence-electron chi connectivity index (χ0n) is 11.3. The Hall–Kier alpha value is -0.760. The van der Waals surface area contributed by atoms with E-state index < -0.39 is 0 Å². The minimum Gasteiger partial charge on any atom is -0.402 e. The van der Waals surface area contributed by atoms with Crippen LogP contribution in [0.1, 0.15) is 57.8 Å². The number of nitrogens with two attached hydrogens (primary N) is 1. The minimum atomic E-state index is 0.186. The van der Waals surface area contributed by atoms with E-state index in [-0.39, 0.29) is 5.60 Å². The molecule has 2 heteroatoms. The van der Waals surface area contributed by atoms with Gasteiger partial charge in [0, 0.05) is 18.2 Å². The number of allylic oxidation sites excluding steroid dienone is 4. The van der Waals surface area contributed by atoms with Gasteiger partial charge in [-0.2, -0.15) is 0 Å². The zero-order valence-corrected chi connectivity index (χ0v) is 11.3. The van der Waals surface area contributed by atoms with Crippen molar-refractivity contribution in [3.05, 3.63) is 23.4 Å². The molecule has 2 nitrogen and oxygen atoms in total. The Balaban J connectivity index is 1.64. The molecule has 0 aromatic rings. The van der Waals surface area contributed by atoms with Crippen LogP contribution in [-0.2, 0) is 4.74 Å². The largest absolute Gasteiger partial charge is 0.402 e. The maximum absolute atomic E-state index is 6.29. The lowest BCUT2D eigenvalue weighted by molar-refractivity contribution is -0.0871.